The highest BCUT2D eigenvalue weighted by Gasteiger charge is 2.70. The minimum atomic E-state index is -5.85. The van der Waals surface area contributed by atoms with Gasteiger partial charge in [0.2, 0.25) is 5.54 Å². The number of nitrogens with zero attached hydrogens (tertiary/aromatic N) is 1. The summed E-state index contributed by atoms with van der Waals surface area (Å²) in [7, 11) is 0. The molecular formula is C12H12BrF6N3O3S. The average molecular weight is 472 g/mol. The number of amides is 2. The van der Waals surface area contributed by atoms with Crippen LogP contribution in [0.25, 0.3) is 0 Å². The Morgan fingerprint density at radius 2 is 1.62 bits per heavy atom. The van der Waals surface area contributed by atoms with Gasteiger partial charge in [-0.3, -0.25) is 4.55 Å². The second-order valence-corrected chi connectivity index (χ2v) is 6.56. The Kier molecular flexibility index (Phi) is 6.92. The molecule has 0 aromatic heterocycles. The first kappa shape index (κ1) is 22.5. The van der Waals surface area contributed by atoms with E-state index in [1.54, 1.807) is 0 Å². The first-order valence-corrected chi connectivity index (χ1v) is 8.49. The van der Waals surface area contributed by atoms with Crippen LogP contribution in [0.15, 0.2) is 28.7 Å². The van der Waals surface area contributed by atoms with Crippen LogP contribution in [0.4, 0.5) is 36.8 Å². The van der Waals surface area contributed by atoms with Crippen molar-refractivity contribution < 1.29 is 39.9 Å². The number of carbonyl (C=O) groups excluding carboxylic acids is 1. The molecule has 3 N–H and O–H groups in total. The summed E-state index contributed by atoms with van der Waals surface area (Å²) in [6, 6.07) is 3.16. The molecule has 148 valence electrons. The van der Waals surface area contributed by atoms with Crippen LogP contribution in [0, 0.1) is 0 Å². The maximum atomic E-state index is 13.0. The van der Waals surface area contributed by atoms with Gasteiger partial charge in [0.25, 0.3) is 11.3 Å². The third-order valence-corrected chi connectivity index (χ3v) is 4.39. The van der Waals surface area contributed by atoms with Crippen molar-refractivity contribution >= 4 is 38.9 Å². The molecule has 6 nitrogen and oxygen atoms in total. The van der Waals surface area contributed by atoms with Crippen molar-refractivity contribution in [2.45, 2.75) is 31.2 Å². The van der Waals surface area contributed by atoms with E-state index in [1.807, 2.05) is 0 Å². The fourth-order valence-electron chi connectivity index (χ4n) is 1.88. The van der Waals surface area contributed by atoms with E-state index in [0.29, 0.717) is 11.4 Å². The van der Waals surface area contributed by atoms with Crippen molar-refractivity contribution in [3.8, 4) is 0 Å². The number of urea groups is 1. The number of alkyl halides is 6. The number of halogens is 7. The number of nitrogens with one attached hydrogen (secondary N) is 2. The molecule has 0 aliphatic carbocycles. The molecule has 0 saturated carbocycles. The van der Waals surface area contributed by atoms with E-state index in [-0.39, 0.29) is 10.1 Å². The maximum Gasteiger partial charge on any atom is 0.420 e. The number of hydrogen-bond donors (Lipinski definition) is 3. The van der Waals surface area contributed by atoms with Gasteiger partial charge < -0.3 is 5.32 Å². The SMILES string of the molecule is CCC(NC(=O)NN(c1ccc(Br)cc1)S(=O)O)(C(F)(F)F)C(F)(F)F. The highest BCUT2D eigenvalue weighted by molar-refractivity contribution is 9.10. The molecule has 2 amide bonds. The van der Waals surface area contributed by atoms with Crippen molar-refractivity contribution in [1.82, 2.24) is 10.7 Å². The van der Waals surface area contributed by atoms with E-state index in [9.17, 15) is 35.3 Å². The third kappa shape index (κ3) is 4.79. The largest absolute Gasteiger partial charge is 0.420 e. The first-order chi connectivity index (χ1) is 11.7. The smallest absolute Gasteiger partial charge is 0.315 e. The molecule has 0 spiro atoms. The van der Waals surface area contributed by atoms with E-state index in [4.69, 9.17) is 4.55 Å². The molecule has 0 bridgehead atoms. The summed E-state index contributed by atoms with van der Waals surface area (Å²) >= 11 is 0.0981. The van der Waals surface area contributed by atoms with Gasteiger partial charge in [0.1, 0.15) is 0 Å². The number of hydrazine groups is 1. The lowest BCUT2D eigenvalue weighted by molar-refractivity contribution is -0.304. The Morgan fingerprint density at radius 1 is 1.15 bits per heavy atom. The molecule has 0 radical (unpaired) electrons. The summed E-state index contributed by atoms with van der Waals surface area (Å²) in [6.45, 7) is 0.595. The molecule has 1 aromatic carbocycles. The van der Waals surface area contributed by atoms with Crippen LogP contribution in [0.2, 0.25) is 0 Å². The molecule has 1 unspecified atom stereocenters. The van der Waals surface area contributed by atoms with Crippen molar-refractivity contribution in [1.29, 1.82) is 0 Å². The lowest BCUT2D eigenvalue weighted by atomic mass is 9.94. The van der Waals surface area contributed by atoms with Crippen LogP contribution in [0.5, 0.6) is 0 Å². The molecule has 1 atom stereocenters. The zero-order valence-electron chi connectivity index (χ0n) is 12.8. The fraction of sp³-hybridized carbons (Fsp3) is 0.417. The second-order valence-electron chi connectivity index (χ2n) is 4.82. The Labute approximate surface area is 154 Å². The van der Waals surface area contributed by atoms with Gasteiger partial charge in [-0.05, 0) is 30.7 Å². The van der Waals surface area contributed by atoms with Crippen LogP contribution in [-0.4, -0.2) is 32.7 Å². The lowest BCUT2D eigenvalue weighted by Gasteiger charge is -2.37. The highest BCUT2D eigenvalue weighted by Crippen LogP contribution is 2.45. The number of anilines is 1. The Balaban J connectivity index is 3.13. The monoisotopic (exact) mass is 471 g/mol. The number of hydrogen-bond acceptors (Lipinski definition) is 2. The second kappa shape index (κ2) is 8.00. The van der Waals surface area contributed by atoms with Gasteiger partial charge >= 0.3 is 18.4 Å². The van der Waals surface area contributed by atoms with Gasteiger partial charge in [-0.1, -0.05) is 22.9 Å². The van der Waals surface area contributed by atoms with E-state index in [2.05, 4.69) is 15.9 Å². The van der Waals surface area contributed by atoms with E-state index < -0.39 is 41.6 Å². The van der Waals surface area contributed by atoms with Gasteiger partial charge in [-0.25, -0.2) is 14.4 Å². The summed E-state index contributed by atoms with van der Waals surface area (Å²) in [4.78, 5) is 11.7. The van der Waals surface area contributed by atoms with Gasteiger partial charge in [0, 0.05) is 4.47 Å². The molecule has 26 heavy (non-hydrogen) atoms. The molecular weight excluding hydrogens is 460 g/mol. The quantitative estimate of drug-likeness (QED) is 0.346. The molecule has 14 heteroatoms. The van der Waals surface area contributed by atoms with Crippen LogP contribution >= 0.6 is 15.9 Å². The minimum Gasteiger partial charge on any atom is -0.315 e. The first-order valence-electron chi connectivity index (χ1n) is 6.64. The zero-order valence-corrected chi connectivity index (χ0v) is 15.2. The maximum absolute atomic E-state index is 13.0. The van der Waals surface area contributed by atoms with Crippen LogP contribution in [0.1, 0.15) is 13.3 Å². The van der Waals surface area contributed by atoms with Gasteiger partial charge in [-0.15, -0.1) is 0 Å². The molecule has 0 aliphatic heterocycles. The van der Waals surface area contributed by atoms with E-state index >= 15 is 0 Å². The third-order valence-electron chi connectivity index (χ3n) is 3.25. The number of benzene rings is 1. The molecule has 1 aromatic rings. The van der Waals surface area contributed by atoms with Gasteiger partial charge in [0.05, 0.1) is 5.69 Å². The van der Waals surface area contributed by atoms with Gasteiger partial charge in [-0.2, -0.15) is 30.8 Å². The van der Waals surface area contributed by atoms with Crippen LogP contribution < -0.4 is 15.2 Å². The summed E-state index contributed by atoms with van der Waals surface area (Å²) < 4.78 is 99.2. The van der Waals surface area contributed by atoms with E-state index in [0.717, 1.165) is 5.32 Å². The average Bonchev–Trinajstić information content (AvgIpc) is 2.48. The Morgan fingerprint density at radius 3 is 1.96 bits per heavy atom. The molecule has 0 aliphatic rings. The highest BCUT2D eigenvalue weighted by atomic mass is 79.9. The topological polar surface area (TPSA) is 81.7 Å². The van der Waals surface area contributed by atoms with Crippen molar-refractivity contribution in [2.24, 2.45) is 0 Å². The lowest BCUT2D eigenvalue weighted by Crippen LogP contribution is -2.69. The molecule has 0 fully saturated rings. The van der Waals surface area contributed by atoms with Gasteiger partial charge in [0.15, 0.2) is 0 Å². The predicted molar refractivity (Wildman–Crippen MR) is 84.2 cm³/mol. The molecule has 0 heterocycles. The van der Waals surface area contributed by atoms with E-state index in [1.165, 1.54) is 29.7 Å². The standard InChI is InChI=1S/C12H12BrF6N3O3S/c1-2-10(11(14,15)16,12(17,18)19)20-9(23)21-22(26(24)25)8-5-3-7(13)4-6-8/h3-6H,2H2,1H3,(H,24,25)(H2,20,21,23). The van der Waals surface area contributed by atoms with Crippen molar-refractivity contribution in [3.63, 3.8) is 0 Å². The van der Waals surface area contributed by atoms with Crippen LogP contribution in [0.3, 0.4) is 0 Å². The predicted octanol–water partition coefficient (Wildman–Crippen LogP) is 3.88. The molecule has 0 saturated heterocycles. The Bertz CT molecular complexity index is 654. The zero-order chi connectivity index (χ0) is 20.3. The van der Waals surface area contributed by atoms with Crippen molar-refractivity contribution in [3.05, 3.63) is 28.7 Å². The van der Waals surface area contributed by atoms with Crippen LogP contribution in [-0.2, 0) is 11.3 Å². The molecule has 1 rings (SSSR count). The summed E-state index contributed by atoms with van der Waals surface area (Å²) in [5.41, 5.74) is -3.18. The number of rotatable bonds is 5. The Hall–Kier alpha value is -1.54. The summed E-state index contributed by atoms with van der Waals surface area (Å²) in [5.74, 6) is 0. The number of carbonyl (C=O) groups is 1. The summed E-state index contributed by atoms with van der Waals surface area (Å²) in [6.07, 6.45) is -13.2. The normalized spacial score (nSPS) is 13.9. The van der Waals surface area contributed by atoms with Crippen molar-refractivity contribution in [2.75, 3.05) is 4.41 Å². The summed E-state index contributed by atoms with van der Waals surface area (Å²) in [5, 5.41) is 0.830. The minimum absolute atomic E-state index is 0.162. The fourth-order valence-corrected chi connectivity index (χ4v) is 2.60.